The van der Waals surface area contributed by atoms with Crippen LogP contribution in [0.5, 0.6) is 11.5 Å². The Hall–Kier alpha value is -2.32. The summed E-state index contributed by atoms with van der Waals surface area (Å²) in [6.07, 6.45) is -0.232. The topological polar surface area (TPSA) is 97.9 Å². The van der Waals surface area contributed by atoms with Gasteiger partial charge < -0.3 is 30.2 Å². The summed E-state index contributed by atoms with van der Waals surface area (Å²) in [6, 6.07) is 4.58. The second kappa shape index (κ2) is 8.51. The third kappa shape index (κ3) is 4.84. The number of ether oxygens (including phenoxy) is 3. The molecule has 1 fully saturated rings. The molecule has 2 rings (SSSR count). The molecule has 3 N–H and O–H groups in total. The molecule has 0 bridgehead atoms. The van der Waals surface area contributed by atoms with Gasteiger partial charge in [-0.1, -0.05) is 0 Å². The molecule has 8 heteroatoms. The van der Waals surface area contributed by atoms with E-state index in [0.29, 0.717) is 30.3 Å². The van der Waals surface area contributed by atoms with Crippen LogP contribution in [-0.4, -0.2) is 57.9 Å². The number of amides is 2. The molecule has 0 aromatic heterocycles. The molecule has 0 spiro atoms. The van der Waals surface area contributed by atoms with Gasteiger partial charge >= 0.3 is 0 Å². The van der Waals surface area contributed by atoms with Crippen molar-refractivity contribution in [1.82, 2.24) is 10.6 Å². The summed E-state index contributed by atoms with van der Waals surface area (Å²) in [7, 11) is 3.06. The lowest BCUT2D eigenvalue weighted by atomic mass is 10.1. The fraction of sp³-hybridized carbons (Fsp3) is 0.500. The maximum Gasteiger partial charge on any atom is 0.243 e. The molecule has 1 saturated heterocycles. The molecular weight excluding hydrogens is 314 g/mol. The van der Waals surface area contributed by atoms with Crippen molar-refractivity contribution in [2.75, 3.05) is 39.2 Å². The van der Waals surface area contributed by atoms with Gasteiger partial charge in [0.25, 0.3) is 0 Å². The van der Waals surface area contributed by atoms with Crippen molar-refractivity contribution in [3.8, 4) is 11.5 Å². The van der Waals surface area contributed by atoms with Crippen LogP contribution in [0.1, 0.15) is 6.92 Å². The molecule has 0 aliphatic carbocycles. The number of hydrogen-bond donors (Lipinski definition) is 3. The summed E-state index contributed by atoms with van der Waals surface area (Å²) in [6.45, 7) is 2.86. The molecule has 1 aliphatic rings. The van der Waals surface area contributed by atoms with Gasteiger partial charge in [-0.15, -0.1) is 0 Å². The Labute approximate surface area is 140 Å². The van der Waals surface area contributed by atoms with Gasteiger partial charge in [0, 0.05) is 30.4 Å². The Morgan fingerprint density at radius 3 is 2.50 bits per heavy atom. The summed E-state index contributed by atoms with van der Waals surface area (Å²) in [5, 5.41) is 8.37. The van der Waals surface area contributed by atoms with Gasteiger partial charge in [-0.05, 0) is 6.92 Å². The molecule has 24 heavy (non-hydrogen) atoms. The summed E-state index contributed by atoms with van der Waals surface area (Å²) in [4.78, 5) is 24.1. The quantitative estimate of drug-likeness (QED) is 0.683. The molecule has 0 radical (unpaired) electrons. The SMILES string of the molecule is COc1cc(NC(=O)CNC(=O)[C@H]2NCCO[C@@H]2C)cc(OC)c1. The third-order valence-corrected chi connectivity index (χ3v) is 3.66. The van der Waals surface area contributed by atoms with Crippen molar-refractivity contribution >= 4 is 17.5 Å². The molecule has 2 amide bonds. The fourth-order valence-corrected chi connectivity index (χ4v) is 2.39. The summed E-state index contributed by atoms with van der Waals surface area (Å²) < 4.78 is 15.7. The molecule has 1 aromatic carbocycles. The zero-order valence-electron chi connectivity index (χ0n) is 14.0. The van der Waals surface area contributed by atoms with Crippen LogP contribution in [0.4, 0.5) is 5.69 Å². The first kappa shape index (κ1) is 18.0. The number of hydrogen-bond acceptors (Lipinski definition) is 6. The van der Waals surface area contributed by atoms with Crippen molar-refractivity contribution in [1.29, 1.82) is 0 Å². The van der Waals surface area contributed by atoms with Crippen LogP contribution in [0.2, 0.25) is 0 Å². The van der Waals surface area contributed by atoms with E-state index in [1.807, 2.05) is 6.92 Å². The van der Waals surface area contributed by atoms with Crippen molar-refractivity contribution < 1.29 is 23.8 Å². The number of benzene rings is 1. The molecule has 0 saturated carbocycles. The van der Waals surface area contributed by atoms with Gasteiger partial charge in [0.2, 0.25) is 11.8 Å². The molecule has 2 atom stereocenters. The van der Waals surface area contributed by atoms with Crippen molar-refractivity contribution in [2.24, 2.45) is 0 Å². The minimum Gasteiger partial charge on any atom is -0.497 e. The monoisotopic (exact) mass is 337 g/mol. The van der Waals surface area contributed by atoms with Crippen LogP contribution in [-0.2, 0) is 14.3 Å². The minimum absolute atomic E-state index is 0.136. The maximum absolute atomic E-state index is 12.1. The van der Waals surface area contributed by atoms with Gasteiger partial charge in [0.1, 0.15) is 17.5 Å². The van der Waals surface area contributed by atoms with Crippen molar-refractivity contribution in [3.63, 3.8) is 0 Å². The summed E-state index contributed by atoms with van der Waals surface area (Å²) in [5.74, 6) is 0.515. The van der Waals surface area contributed by atoms with E-state index in [9.17, 15) is 9.59 Å². The van der Waals surface area contributed by atoms with E-state index in [0.717, 1.165) is 0 Å². The molecule has 1 aromatic rings. The number of morpholine rings is 1. The van der Waals surface area contributed by atoms with Crippen LogP contribution < -0.4 is 25.4 Å². The zero-order valence-corrected chi connectivity index (χ0v) is 14.0. The highest BCUT2D eigenvalue weighted by Crippen LogP contribution is 2.25. The largest absolute Gasteiger partial charge is 0.497 e. The molecule has 1 aliphatic heterocycles. The molecule has 0 unspecified atom stereocenters. The lowest BCUT2D eigenvalue weighted by Crippen LogP contribution is -2.56. The zero-order chi connectivity index (χ0) is 17.5. The van der Waals surface area contributed by atoms with E-state index >= 15 is 0 Å². The van der Waals surface area contributed by atoms with Crippen LogP contribution in [0.3, 0.4) is 0 Å². The molecule has 8 nitrogen and oxygen atoms in total. The average molecular weight is 337 g/mol. The van der Waals surface area contributed by atoms with Gasteiger partial charge in [0.15, 0.2) is 0 Å². The summed E-state index contributed by atoms with van der Waals surface area (Å²) >= 11 is 0. The Kier molecular flexibility index (Phi) is 6.39. The van der Waals surface area contributed by atoms with E-state index in [-0.39, 0.29) is 24.5 Å². The second-order valence-electron chi connectivity index (χ2n) is 5.38. The normalized spacial score (nSPS) is 20.1. The highest BCUT2D eigenvalue weighted by molar-refractivity contribution is 5.95. The highest BCUT2D eigenvalue weighted by Gasteiger charge is 2.28. The number of anilines is 1. The number of carbonyl (C=O) groups is 2. The predicted octanol–water partition coefficient (Wildman–Crippen LogP) is 0.135. The Morgan fingerprint density at radius 2 is 1.92 bits per heavy atom. The Balaban J connectivity index is 1.88. The standard InChI is InChI=1S/C16H23N3O5/c1-10-15(17-4-5-24-10)16(21)18-9-14(20)19-11-6-12(22-2)8-13(7-11)23-3/h6-8,10,15,17H,4-5,9H2,1-3H3,(H,18,21)(H,19,20)/t10-,15+/m1/s1. The number of nitrogens with one attached hydrogen (secondary N) is 3. The van der Waals surface area contributed by atoms with E-state index in [1.165, 1.54) is 14.2 Å². The van der Waals surface area contributed by atoms with Crippen molar-refractivity contribution in [2.45, 2.75) is 19.1 Å². The first-order valence-electron chi connectivity index (χ1n) is 7.69. The average Bonchev–Trinajstić information content (AvgIpc) is 2.59. The Bertz CT molecular complexity index is 571. The van der Waals surface area contributed by atoms with Crippen LogP contribution >= 0.6 is 0 Å². The van der Waals surface area contributed by atoms with Crippen LogP contribution in [0.25, 0.3) is 0 Å². The highest BCUT2D eigenvalue weighted by atomic mass is 16.5. The smallest absolute Gasteiger partial charge is 0.243 e. The molecule has 1 heterocycles. The summed E-state index contributed by atoms with van der Waals surface area (Å²) in [5.41, 5.74) is 0.526. The lowest BCUT2D eigenvalue weighted by Gasteiger charge is -2.29. The third-order valence-electron chi connectivity index (χ3n) is 3.66. The van der Waals surface area contributed by atoms with E-state index in [2.05, 4.69) is 16.0 Å². The van der Waals surface area contributed by atoms with Gasteiger partial charge in [-0.2, -0.15) is 0 Å². The van der Waals surface area contributed by atoms with Crippen LogP contribution in [0.15, 0.2) is 18.2 Å². The number of methoxy groups -OCH3 is 2. The van der Waals surface area contributed by atoms with Gasteiger partial charge in [-0.3, -0.25) is 9.59 Å². The van der Waals surface area contributed by atoms with Gasteiger partial charge in [-0.25, -0.2) is 0 Å². The first-order chi connectivity index (χ1) is 11.5. The van der Waals surface area contributed by atoms with Gasteiger partial charge in [0.05, 0.1) is 33.5 Å². The second-order valence-corrected chi connectivity index (χ2v) is 5.38. The van der Waals surface area contributed by atoms with E-state index < -0.39 is 6.04 Å². The van der Waals surface area contributed by atoms with E-state index in [1.54, 1.807) is 18.2 Å². The molecular formula is C16H23N3O5. The van der Waals surface area contributed by atoms with E-state index in [4.69, 9.17) is 14.2 Å². The fourth-order valence-electron chi connectivity index (χ4n) is 2.39. The number of rotatable bonds is 6. The number of carbonyl (C=O) groups excluding carboxylic acids is 2. The Morgan fingerprint density at radius 1 is 1.25 bits per heavy atom. The minimum atomic E-state index is -0.455. The van der Waals surface area contributed by atoms with Crippen molar-refractivity contribution in [3.05, 3.63) is 18.2 Å². The lowest BCUT2D eigenvalue weighted by molar-refractivity contribution is -0.130. The first-order valence-corrected chi connectivity index (χ1v) is 7.69. The maximum atomic E-state index is 12.1. The molecule has 132 valence electrons. The predicted molar refractivity (Wildman–Crippen MR) is 88.4 cm³/mol. The van der Waals surface area contributed by atoms with Crippen LogP contribution in [0, 0.1) is 0 Å².